The van der Waals surface area contributed by atoms with Crippen LogP contribution in [0, 0.1) is 0 Å². The van der Waals surface area contributed by atoms with Gasteiger partial charge in [0.25, 0.3) is 0 Å². The molecule has 1 unspecified atom stereocenters. The SMILES string of the molecule is Cn1cc(S(=O)(=O)NC(c2ccccc2)c2ccco2)cn1. The van der Waals surface area contributed by atoms with Crippen LogP contribution in [0.2, 0.25) is 0 Å². The van der Waals surface area contributed by atoms with Gasteiger partial charge in [-0.3, -0.25) is 4.68 Å². The Bertz CT molecular complexity index is 839. The van der Waals surface area contributed by atoms with E-state index in [1.54, 1.807) is 19.2 Å². The minimum atomic E-state index is -3.71. The van der Waals surface area contributed by atoms with Crippen LogP contribution in [0.3, 0.4) is 0 Å². The molecule has 3 rings (SSSR count). The highest BCUT2D eigenvalue weighted by Gasteiger charge is 2.25. The molecular weight excluding hydrogens is 302 g/mol. The van der Waals surface area contributed by atoms with Crippen molar-refractivity contribution in [3.8, 4) is 0 Å². The molecule has 0 radical (unpaired) electrons. The molecule has 1 aromatic carbocycles. The predicted molar refractivity (Wildman–Crippen MR) is 80.5 cm³/mol. The maximum atomic E-state index is 12.5. The molecular formula is C15H15N3O3S. The molecule has 1 N–H and O–H groups in total. The number of nitrogens with one attached hydrogen (secondary N) is 1. The molecule has 0 bridgehead atoms. The summed E-state index contributed by atoms with van der Waals surface area (Å²) in [6.45, 7) is 0. The van der Waals surface area contributed by atoms with E-state index >= 15 is 0 Å². The van der Waals surface area contributed by atoms with Crippen LogP contribution in [0.25, 0.3) is 0 Å². The van der Waals surface area contributed by atoms with Crippen LogP contribution in [0.1, 0.15) is 17.4 Å². The lowest BCUT2D eigenvalue weighted by atomic mass is 10.1. The third kappa shape index (κ3) is 2.95. The highest BCUT2D eigenvalue weighted by atomic mass is 32.2. The molecule has 22 heavy (non-hydrogen) atoms. The average Bonchev–Trinajstić information content (AvgIpc) is 3.17. The summed E-state index contributed by atoms with van der Waals surface area (Å²) >= 11 is 0. The molecule has 0 aliphatic rings. The zero-order chi connectivity index (χ0) is 15.6. The van der Waals surface area contributed by atoms with Crippen molar-refractivity contribution in [1.29, 1.82) is 0 Å². The number of furan rings is 1. The molecule has 2 aromatic heterocycles. The summed E-state index contributed by atoms with van der Waals surface area (Å²) in [4.78, 5) is 0.113. The summed E-state index contributed by atoms with van der Waals surface area (Å²) in [5.74, 6) is 0.527. The summed E-state index contributed by atoms with van der Waals surface area (Å²) < 4.78 is 34.5. The van der Waals surface area contributed by atoms with E-state index in [1.807, 2.05) is 30.3 Å². The molecule has 0 spiro atoms. The summed E-state index contributed by atoms with van der Waals surface area (Å²) in [7, 11) is -2.04. The molecule has 6 nitrogen and oxygen atoms in total. The van der Waals surface area contributed by atoms with Gasteiger partial charge in [-0.15, -0.1) is 0 Å². The Labute approximate surface area is 128 Å². The lowest BCUT2D eigenvalue weighted by Gasteiger charge is -2.16. The van der Waals surface area contributed by atoms with E-state index in [0.717, 1.165) is 5.56 Å². The summed E-state index contributed by atoms with van der Waals surface area (Å²) in [6, 6.07) is 12.1. The standard InChI is InChI=1S/C15H15N3O3S/c1-18-11-13(10-16-18)22(19,20)17-15(14-8-5-9-21-14)12-6-3-2-4-7-12/h2-11,15,17H,1H3. The Hall–Kier alpha value is -2.38. The molecule has 0 fully saturated rings. The Morgan fingerprint density at radius 2 is 1.95 bits per heavy atom. The van der Waals surface area contributed by atoms with E-state index in [1.165, 1.54) is 23.3 Å². The average molecular weight is 317 g/mol. The second-order valence-corrected chi connectivity index (χ2v) is 6.54. The fourth-order valence-electron chi connectivity index (χ4n) is 2.15. The largest absolute Gasteiger partial charge is 0.467 e. The molecule has 0 saturated heterocycles. The van der Waals surface area contributed by atoms with Crippen LogP contribution in [0.5, 0.6) is 0 Å². The Morgan fingerprint density at radius 1 is 1.18 bits per heavy atom. The molecule has 0 aliphatic heterocycles. The first-order chi connectivity index (χ1) is 10.6. The van der Waals surface area contributed by atoms with Crippen molar-refractivity contribution in [3.05, 3.63) is 72.4 Å². The van der Waals surface area contributed by atoms with Crippen molar-refractivity contribution >= 4 is 10.0 Å². The van der Waals surface area contributed by atoms with Crippen molar-refractivity contribution < 1.29 is 12.8 Å². The van der Waals surface area contributed by atoms with Gasteiger partial charge in [-0.25, -0.2) is 8.42 Å². The molecule has 2 heterocycles. The molecule has 3 aromatic rings. The Kier molecular flexibility index (Phi) is 3.82. The highest BCUT2D eigenvalue weighted by Crippen LogP contribution is 2.24. The van der Waals surface area contributed by atoms with Crippen LogP contribution in [0.15, 0.2) is 70.4 Å². The number of benzene rings is 1. The van der Waals surface area contributed by atoms with Crippen LogP contribution >= 0.6 is 0 Å². The van der Waals surface area contributed by atoms with E-state index in [0.29, 0.717) is 5.76 Å². The zero-order valence-corrected chi connectivity index (χ0v) is 12.7. The van der Waals surface area contributed by atoms with Crippen LogP contribution in [0.4, 0.5) is 0 Å². The number of hydrogen-bond donors (Lipinski definition) is 1. The third-order valence-corrected chi connectivity index (χ3v) is 4.60. The maximum Gasteiger partial charge on any atom is 0.244 e. The number of hydrogen-bond acceptors (Lipinski definition) is 4. The summed E-state index contributed by atoms with van der Waals surface area (Å²) in [5, 5.41) is 3.90. The van der Waals surface area contributed by atoms with Crippen molar-refractivity contribution in [3.63, 3.8) is 0 Å². The van der Waals surface area contributed by atoms with E-state index < -0.39 is 16.1 Å². The number of rotatable bonds is 5. The quantitative estimate of drug-likeness (QED) is 0.781. The minimum Gasteiger partial charge on any atom is -0.467 e. The maximum absolute atomic E-state index is 12.5. The first-order valence-corrected chi connectivity index (χ1v) is 8.14. The Morgan fingerprint density at radius 3 is 2.55 bits per heavy atom. The topological polar surface area (TPSA) is 77.1 Å². The smallest absolute Gasteiger partial charge is 0.244 e. The van der Waals surface area contributed by atoms with E-state index in [2.05, 4.69) is 9.82 Å². The Balaban J connectivity index is 1.98. The van der Waals surface area contributed by atoms with Crippen molar-refractivity contribution in [2.45, 2.75) is 10.9 Å². The number of nitrogens with zero attached hydrogens (tertiary/aromatic N) is 2. The molecule has 0 amide bonds. The predicted octanol–water partition coefficient (Wildman–Crippen LogP) is 2.08. The summed E-state index contributed by atoms with van der Waals surface area (Å²) in [6.07, 6.45) is 4.28. The van der Waals surface area contributed by atoms with Gasteiger partial charge in [0, 0.05) is 13.2 Å². The lowest BCUT2D eigenvalue weighted by molar-refractivity contribution is 0.471. The lowest BCUT2D eigenvalue weighted by Crippen LogP contribution is -2.29. The number of aryl methyl sites for hydroxylation is 1. The zero-order valence-electron chi connectivity index (χ0n) is 11.9. The van der Waals surface area contributed by atoms with Gasteiger partial charge in [0.15, 0.2) is 0 Å². The fraction of sp³-hybridized carbons (Fsp3) is 0.133. The van der Waals surface area contributed by atoms with Crippen molar-refractivity contribution in [2.75, 3.05) is 0 Å². The van der Waals surface area contributed by atoms with Crippen molar-refractivity contribution in [1.82, 2.24) is 14.5 Å². The summed E-state index contributed by atoms with van der Waals surface area (Å²) in [5.41, 5.74) is 0.796. The van der Waals surface area contributed by atoms with Gasteiger partial charge in [-0.2, -0.15) is 9.82 Å². The number of sulfonamides is 1. The van der Waals surface area contributed by atoms with Crippen molar-refractivity contribution in [2.24, 2.45) is 7.05 Å². The van der Waals surface area contributed by atoms with Crippen LogP contribution in [-0.2, 0) is 17.1 Å². The van der Waals surface area contributed by atoms with E-state index in [4.69, 9.17) is 4.42 Å². The second-order valence-electron chi connectivity index (χ2n) is 4.83. The van der Waals surface area contributed by atoms with Gasteiger partial charge in [-0.05, 0) is 17.7 Å². The molecule has 114 valence electrons. The molecule has 0 saturated carbocycles. The number of aromatic nitrogens is 2. The molecule has 7 heteroatoms. The fourth-order valence-corrected chi connectivity index (χ4v) is 3.33. The van der Waals surface area contributed by atoms with Gasteiger partial charge in [-0.1, -0.05) is 30.3 Å². The van der Waals surface area contributed by atoms with E-state index in [9.17, 15) is 8.42 Å². The van der Waals surface area contributed by atoms with Crippen LogP contribution < -0.4 is 4.72 Å². The van der Waals surface area contributed by atoms with Crippen LogP contribution in [-0.4, -0.2) is 18.2 Å². The second kappa shape index (κ2) is 5.78. The van der Waals surface area contributed by atoms with Gasteiger partial charge in [0.1, 0.15) is 16.7 Å². The van der Waals surface area contributed by atoms with E-state index in [-0.39, 0.29) is 4.90 Å². The normalized spacial score (nSPS) is 13.1. The van der Waals surface area contributed by atoms with Gasteiger partial charge >= 0.3 is 0 Å². The highest BCUT2D eigenvalue weighted by molar-refractivity contribution is 7.89. The molecule has 1 atom stereocenters. The van der Waals surface area contributed by atoms with Gasteiger partial charge in [0.05, 0.1) is 12.5 Å². The first-order valence-electron chi connectivity index (χ1n) is 6.65. The van der Waals surface area contributed by atoms with Gasteiger partial charge in [0.2, 0.25) is 10.0 Å². The first kappa shape index (κ1) is 14.6. The molecule has 0 aliphatic carbocycles. The minimum absolute atomic E-state index is 0.113. The monoisotopic (exact) mass is 317 g/mol. The third-order valence-electron chi connectivity index (χ3n) is 3.23. The van der Waals surface area contributed by atoms with Gasteiger partial charge < -0.3 is 4.42 Å².